The highest BCUT2D eigenvalue weighted by Crippen LogP contribution is 2.22. The normalized spacial score (nSPS) is 22.9. The first-order valence-electron chi connectivity index (χ1n) is 8.11. The molecule has 1 N–H and O–H groups in total. The maximum Gasteiger partial charge on any atom is 0.243 e. The van der Waals surface area contributed by atoms with Crippen molar-refractivity contribution in [2.75, 3.05) is 26.2 Å². The number of sulfonamides is 2. The molecule has 3 rings (SSSR count). The highest BCUT2D eigenvalue weighted by Gasteiger charge is 2.27. The second-order valence-corrected chi connectivity index (χ2v) is 9.77. The van der Waals surface area contributed by atoms with Crippen LogP contribution in [0.3, 0.4) is 0 Å². The van der Waals surface area contributed by atoms with Crippen molar-refractivity contribution < 1.29 is 21.6 Å². The Hall–Kier alpha value is -1.00. The minimum Gasteiger partial charge on any atom is -0.377 e. The van der Waals surface area contributed by atoms with Gasteiger partial charge in [0, 0.05) is 26.2 Å². The lowest BCUT2D eigenvalue weighted by molar-refractivity contribution is 0.114. The molecule has 0 aliphatic carbocycles. The summed E-state index contributed by atoms with van der Waals surface area (Å²) in [7, 11) is -7.20. The minimum atomic E-state index is -3.67. The van der Waals surface area contributed by atoms with Crippen LogP contribution < -0.4 is 4.72 Å². The van der Waals surface area contributed by atoms with Crippen molar-refractivity contribution >= 4 is 20.0 Å². The van der Waals surface area contributed by atoms with Crippen molar-refractivity contribution in [2.45, 2.75) is 41.6 Å². The van der Waals surface area contributed by atoms with E-state index in [9.17, 15) is 16.8 Å². The van der Waals surface area contributed by atoms with Crippen molar-refractivity contribution in [1.29, 1.82) is 0 Å². The van der Waals surface area contributed by atoms with Gasteiger partial charge in [0.1, 0.15) is 0 Å². The van der Waals surface area contributed by atoms with Crippen molar-refractivity contribution in [3.63, 3.8) is 0 Å². The molecule has 1 atom stereocenters. The van der Waals surface area contributed by atoms with Gasteiger partial charge in [0.2, 0.25) is 20.0 Å². The molecule has 9 heteroatoms. The Morgan fingerprint density at radius 1 is 1.00 bits per heavy atom. The highest BCUT2D eigenvalue weighted by atomic mass is 32.2. The Kier molecular flexibility index (Phi) is 5.26. The van der Waals surface area contributed by atoms with E-state index in [-0.39, 0.29) is 22.4 Å². The first kappa shape index (κ1) is 17.8. The molecule has 0 spiro atoms. The molecule has 0 saturated carbocycles. The molecule has 0 bridgehead atoms. The predicted octanol–water partition coefficient (Wildman–Crippen LogP) is 0.928. The van der Waals surface area contributed by atoms with Crippen molar-refractivity contribution in [1.82, 2.24) is 9.03 Å². The van der Waals surface area contributed by atoms with Crippen LogP contribution in [-0.2, 0) is 24.8 Å². The fourth-order valence-corrected chi connectivity index (χ4v) is 5.54. The molecular formula is C15H22N2O5S2. The summed E-state index contributed by atoms with van der Waals surface area (Å²) in [5, 5.41) is 0. The van der Waals surface area contributed by atoms with Gasteiger partial charge < -0.3 is 4.74 Å². The number of benzene rings is 1. The largest absolute Gasteiger partial charge is 0.377 e. The van der Waals surface area contributed by atoms with Gasteiger partial charge in [-0.1, -0.05) is 0 Å². The van der Waals surface area contributed by atoms with Gasteiger partial charge >= 0.3 is 0 Å². The summed E-state index contributed by atoms with van der Waals surface area (Å²) < 4.78 is 58.8. The monoisotopic (exact) mass is 374 g/mol. The molecule has 24 heavy (non-hydrogen) atoms. The van der Waals surface area contributed by atoms with Crippen LogP contribution in [0.25, 0.3) is 0 Å². The fourth-order valence-electron chi connectivity index (χ4n) is 2.96. The lowest BCUT2D eigenvalue weighted by Gasteiger charge is -2.16. The first-order valence-corrected chi connectivity index (χ1v) is 11.0. The molecule has 2 heterocycles. The van der Waals surface area contributed by atoms with Gasteiger partial charge in [-0.15, -0.1) is 0 Å². The van der Waals surface area contributed by atoms with Crippen molar-refractivity contribution in [2.24, 2.45) is 0 Å². The van der Waals surface area contributed by atoms with E-state index in [1.165, 1.54) is 28.6 Å². The van der Waals surface area contributed by atoms with Gasteiger partial charge in [-0.3, -0.25) is 0 Å². The second-order valence-electron chi connectivity index (χ2n) is 6.07. The minimum absolute atomic E-state index is 0.0564. The summed E-state index contributed by atoms with van der Waals surface area (Å²) in [4.78, 5) is 0.184. The Morgan fingerprint density at radius 2 is 1.62 bits per heavy atom. The van der Waals surface area contributed by atoms with Crippen LogP contribution in [0.2, 0.25) is 0 Å². The van der Waals surface area contributed by atoms with E-state index >= 15 is 0 Å². The van der Waals surface area contributed by atoms with Gasteiger partial charge in [0.05, 0.1) is 15.9 Å². The SMILES string of the molecule is O=S(=O)(NC[C@H]1CCCO1)c1ccc(S(=O)(=O)N2CCCC2)cc1. The molecule has 1 aromatic carbocycles. The van der Waals surface area contributed by atoms with Gasteiger partial charge in [0.15, 0.2) is 0 Å². The Balaban J connectivity index is 1.71. The van der Waals surface area contributed by atoms with Gasteiger partial charge in [-0.25, -0.2) is 21.6 Å². The molecule has 0 amide bonds. The molecule has 0 aromatic heterocycles. The van der Waals surface area contributed by atoms with Crippen molar-refractivity contribution in [3.8, 4) is 0 Å². The third-order valence-corrected chi connectivity index (χ3v) is 7.71. The summed E-state index contributed by atoms with van der Waals surface area (Å²) in [5.74, 6) is 0. The van der Waals surface area contributed by atoms with Crippen LogP contribution in [0.5, 0.6) is 0 Å². The van der Waals surface area contributed by atoms with Crippen LogP contribution in [0.1, 0.15) is 25.7 Å². The van der Waals surface area contributed by atoms with E-state index in [2.05, 4.69) is 4.72 Å². The zero-order valence-electron chi connectivity index (χ0n) is 13.3. The summed E-state index contributed by atoms with van der Waals surface area (Å²) >= 11 is 0. The molecule has 2 fully saturated rings. The van der Waals surface area contributed by atoms with E-state index < -0.39 is 20.0 Å². The van der Waals surface area contributed by atoms with E-state index in [1.807, 2.05) is 0 Å². The predicted molar refractivity (Wildman–Crippen MR) is 88.6 cm³/mol. The number of rotatable bonds is 6. The number of hydrogen-bond acceptors (Lipinski definition) is 5. The first-order chi connectivity index (χ1) is 11.4. The van der Waals surface area contributed by atoms with Crippen LogP contribution in [-0.4, -0.2) is 53.5 Å². The molecule has 2 aliphatic heterocycles. The second kappa shape index (κ2) is 7.09. The van der Waals surface area contributed by atoms with Crippen LogP contribution >= 0.6 is 0 Å². The fraction of sp³-hybridized carbons (Fsp3) is 0.600. The van der Waals surface area contributed by atoms with E-state index in [0.29, 0.717) is 19.7 Å². The van der Waals surface area contributed by atoms with Crippen LogP contribution in [0, 0.1) is 0 Å². The van der Waals surface area contributed by atoms with Gasteiger partial charge in [0.25, 0.3) is 0 Å². The van der Waals surface area contributed by atoms with E-state index in [0.717, 1.165) is 25.7 Å². The van der Waals surface area contributed by atoms with Crippen LogP contribution in [0.15, 0.2) is 34.1 Å². The standard InChI is InChI=1S/C15H22N2O5S2/c18-23(19,16-12-13-4-3-11-22-13)14-5-7-15(8-6-14)24(20,21)17-9-1-2-10-17/h5-8,13,16H,1-4,9-12H2/t13-/m1/s1. The van der Waals surface area contributed by atoms with Crippen molar-refractivity contribution in [3.05, 3.63) is 24.3 Å². The van der Waals surface area contributed by atoms with Gasteiger partial charge in [-0.05, 0) is 49.9 Å². The topological polar surface area (TPSA) is 92.8 Å². The maximum atomic E-state index is 12.4. The van der Waals surface area contributed by atoms with E-state index in [1.54, 1.807) is 0 Å². The lowest BCUT2D eigenvalue weighted by atomic mass is 10.2. The zero-order chi connectivity index (χ0) is 17.2. The van der Waals surface area contributed by atoms with Gasteiger partial charge in [-0.2, -0.15) is 4.31 Å². The summed E-state index contributed by atoms with van der Waals surface area (Å²) in [6.07, 6.45) is 3.41. The molecular weight excluding hydrogens is 352 g/mol. The Labute approximate surface area is 143 Å². The molecule has 2 aliphatic rings. The molecule has 1 aromatic rings. The third-order valence-electron chi connectivity index (χ3n) is 4.36. The highest BCUT2D eigenvalue weighted by molar-refractivity contribution is 7.89. The molecule has 2 saturated heterocycles. The number of hydrogen-bond donors (Lipinski definition) is 1. The maximum absolute atomic E-state index is 12.4. The lowest BCUT2D eigenvalue weighted by Crippen LogP contribution is -2.32. The number of ether oxygens (including phenoxy) is 1. The van der Waals surface area contributed by atoms with E-state index in [4.69, 9.17) is 4.74 Å². The zero-order valence-corrected chi connectivity index (χ0v) is 15.0. The molecule has 0 radical (unpaired) electrons. The Morgan fingerprint density at radius 3 is 2.21 bits per heavy atom. The quantitative estimate of drug-likeness (QED) is 0.800. The summed E-state index contributed by atoms with van der Waals surface area (Å²) in [6.45, 7) is 1.93. The number of nitrogens with zero attached hydrogens (tertiary/aromatic N) is 1. The molecule has 7 nitrogen and oxygen atoms in total. The Bertz CT molecular complexity index is 763. The smallest absolute Gasteiger partial charge is 0.243 e. The molecule has 0 unspecified atom stereocenters. The average molecular weight is 374 g/mol. The summed E-state index contributed by atoms with van der Waals surface area (Å²) in [6, 6.07) is 5.38. The average Bonchev–Trinajstić information content (AvgIpc) is 3.27. The van der Waals surface area contributed by atoms with Crippen LogP contribution in [0.4, 0.5) is 0 Å². The summed E-state index contributed by atoms with van der Waals surface area (Å²) in [5.41, 5.74) is 0. The number of nitrogens with one attached hydrogen (secondary N) is 1. The third kappa shape index (κ3) is 3.80. The molecule has 134 valence electrons.